The Kier molecular flexibility index (Phi) is 4.26. The molecule has 1 radical (unpaired) electrons. The molecule has 1 N–H and O–H groups in total. The second-order valence-corrected chi connectivity index (χ2v) is 1.43. The number of carbonyl (C=O) groups excluding carboxylic acids is 1. The Morgan fingerprint density at radius 3 is 2.88 bits per heavy atom. The predicted molar refractivity (Wildman–Crippen MR) is 31.0 cm³/mol. The molecule has 8 heavy (non-hydrogen) atoms. The maximum absolute atomic E-state index is 10.1. The summed E-state index contributed by atoms with van der Waals surface area (Å²) in [4.78, 5) is 10.1. The summed E-state index contributed by atoms with van der Waals surface area (Å²) < 4.78 is 0. The first kappa shape index (κ1) is 7.43. The van der Waals surface area contributed by atoms with Gasteiger partial charge in [0.1, 0.15) is 0 Å². The van der Waals surface area contributed by atoms with Crippen LogP contribution in [0.2, 0.25) is 0 Å². The number of amides is 1. The average Bonchev–Trinajstić information content (AvgIpc) is 1.66. The van der Waals surface area contributed by atoms with E-state index in [1.807, 2.05) is 0 Å². The van der Waals surface area contributed by atoms with Crippen LogP contribution in [0.4, 0.5) is 0 Å². The Morgan fingerprint density at radius 1 is 1.88 bits per heavy atom. The van der Waals surface area contributed by atoms with Crippen molar-refractivity contribution in [2.24, 2.45) is 0 Å². The molecule has 0 aliphatic carbocycles. The van der Waals surface area contributed by atoms with Crippen LogP contribution in [0.5, 0.6) is 0 Å². The molecule has 0 aromatic heterocycles. The normalized spacial score (nSPS) is 8.75. The van der Waals surface area contributed by atoms with Crippen molar-refractivity contribution in [1.82, 2.24) is 10.6 Å². The smallest absolute Gasteiger partial charge is 0.216 e. The first-order valence-electron chi connectivity index (χ1n) is 2.44. The van der Waals surface area contributed by atoms with Crippen molar-refractivity contribution < 1.29 is 4.79 Å². The SMILES string of the molecule is [CH2-][N]CCNC(C)=O. The number of carbonyl (C=O) groups is 1. The summed E-state index contributed by atoms with van der Waals surface area (Å²) >= 11 is 0. The summed E-state index contributed by atoms with van der Waals surface area (Å²) in [5.41, 5.74) is 0. The largest absolute Gasteiger partial charge is 0.423 e. The van der Waals surface area contributed by atoms with Crippen LogP contribution < -0.4 is 10.6 Å². The van der Waals surface area contributed by atoms with E-state index < -0.39 is 0 Å². The third kappa shape index (κ3) is 5.43. The van der Waals surface area contributed by atoms with Gasteiger partial charge in [-0.15, -0.1) is 0 Å². The molecule has 0 aromatic rings. The van der Waals surface area contributed by atoms with Gasteiger partial charge >= 0.3 is 0 Å². The van der Waals surface area contributed by atoms with E-state index in [0.717, 1.165) is 0 Å². The molecule has 1 amide bonds. The molecule has 0 atom stereocenters. The molecule has 0 aliphatic rings. The fraction of sp³-hybridized carbons (Fsp3) is 0.600. The van der Waals surface area contributed by atoms with Gasteiger partial charge < -0.3 is 10.6 Å². The Morgan fingerprint density at radius 2 is 2.50 bits per heavy atom. The lowest BCUT2D eigenvalue weighted by molar-refractivity contribution is -0.118. The van der Waals surface area contributed by atoms with E-state index in [2.05, 4.69) is 17.7 Å². The molecule has 0 saturated heterocycles. The van der Waals surface area contributed by atoms with Crippen molar-refractivity contribution >= 4 is 5.91 Å². The quantitative estimate of drug-likeness (QED) is 0.391. The van der Waals surface area contributed by atoms with Gasteiger partial charge in [-0.1, -0.05) is 0 Å². The highest BCUT2D eigenvalue weighted by molar-refractivity contribution is 5.72. The van der Waals surface area contributed by atoms with Gasteiger partial charge in [-0.2, -0.15) is 0 Å². The minimum absolute atomic E-state index is 0.0198. The Bertz CT molecular complexity index is 72.8. The summed E-state index contributed by atoms with van der Waals surface area (Å²) in [5.74, 6) is -0.0198. The molecule has 47 valence electrons. The van der Waals surface area contributed by atoms with Crippen LogP contribution in [0.3, 0.4) is 0 Å². The fourth-order valence-electron chi connectivity index (χ4n) is 0.311. The van der Waals surface area contributed by atoms with E-state index in [0.29, 0.717) is 13.1 Å². The van der Waals surface area contributed by atoms with Crippen molar-refractivity contribution in [3.05, 3.63) is 7.05 Å². The lowest BCUT2D eigenvalue weighted by Gasteiger charge is -2.01. The van der Waals surface area contributed by atoms with Crippen LogP contribution in [0, 0.1) is 7.05 Å². The van der Waals surface area contributed by atoms with Gasteiger partial charge in [0.05, 0.1) is 0 Å². The van der Waals surface area contributed by atoms with Crippen LogP contribution in [0.1, 0.15) is 6.92 Å². The molecule has 0 bridgehead atoms. The zero-order chi connectivity index (χ0) is 6.41. The standard InChI is InChI=1S/C5H10N2O/c1-5(8)7-4-3-6-2/h2-4H2,1H3,(H,7,8)/q-1. The van der Waals surface area contributed by atoms with Gasteiger partial charge in [0, 0.05) is 13.5 Å². The van der Waals surface area contributed by atoms with Crippen molar-refractivity contribution in [3.8, 4) is 0 Å². The third-order valence-corrected chi connectivity index (χ3v) is 0.644. The molecule has 0 heterocycles. The monoisotopic (exact) mass is 114 g/mol. The molecule has 0 aliphatic heterocycles. The highest BCUT2D eigenvalue weighted by atomic mass is 16.1. The summed E-state index contributed by atoms with van der Waals surface area (Å²) in [6, 6.07) is 0. The van der Waals surface area contributed by atoms with Crippen molar-refractivity contribution in [3.63, 3.8) is 0 Å². The van der Waals surface area contributed by atoms with E-state index in [1.165, 1.54) is 6.92 Å². The van der Waals surface area contributed by atoms with Crippen LogP contribution in [0.25, 0.3) is 0 Å². The summed E-state index contributed by atoms with van der Waals surface area (Å²) in [5, 5.41) is 6.12. The zero-order valence-electron chi connectivity index (χ0n) is 4.98. The van der Waals surface area contributed by atoms with Gasteiger partial charge in [0.15, 0.2) is 0 Å². The van der Waals surface area contributed by atoms with Crippen molar-refractivity contribution in [2.45, 2.75) is 6.92 Å². The maximum atomic E-state index is 10.1. The van der Waals surface area contributed by atoms with Crippen molar-refractivity contribution in [2.75, 3.05) is 13.1 Å². The molecular formula is C5H10N2O-. The lowest BCUT2D eigenvalue weighted by atomic mass is 10.6. The second-order valence-electron chi connectivity index (χ2n) is 1.43. The average molecular weight is 114 g/mol. The van der Waals surface area contributed by atoms with Crippen LogP contribution in [0.15, 0.2) is 0 Å². The van der Waals surface area contributed by atoms with E-state index in [-0.39, 0.29) is 5.91 Å². The van der Waals surface area contributed by atoms with E-state index >= 15 is 0 Å². The molecule has 0 unspecified atom stereocenters. The summed E-state index contributed by atoms with van der Waals surface area (Å²) in [6.45, 7) is 2.67. The Labute approximate surface area is 49.5 Å². The zero-order valence-corrected chi connectivity index (χ0v) is 4.98. The van der Waals surface area contributed by atoms with Gasteiger partial charge in [-0.05, 0) is 6.54 Å². The topological polar surface area (TPSA) is 43.2 Å². The molecule has 0 aromatic carbocycles. The van der Waals surface area contributed by atoms with Crippen molar-refractivity contribution in [1.29, 1.82) is 0 Å². The van der Waals surface area contributed by atoms with Crippen LogP contribution in [-0.2, 0) is 4.79 Å². The fourth-order valence-corrected chi connectivity index (χ4v) is 0.311. The van der Waals surface area contributed by atoms with Gasteiger partial charge in [0.2, 0.25) is 5.91 Å². The minimum atomic E-state index is -0.0198. The maximum Gasteiger partial charge on any atom is 0.216 e. The minimum Gasteiger partial charge on any atom is -0.423 e. The number of hydrogen-bond donors (Lipinski definition) is 1. The Balaban J connectivity index is 2.82. The molecule has 0 saturated carbocycles. The first-order valence-corrected chi connectivity index (χ1v) is 2.44. The number of hydrogen-bond acceptors (Lipinski definition) is 1. The number of rotatable bonds is 3. The molecule has 3 heteroatoms. The van der Waals surface area contributed by atoms with E-state index in [1.54, 1.807) is 0 Å². The summed E-state index contributed by atoms with van der Waals surface area (Å²) in [6.07, 6.45) is 0. The molecule has 0 spiro atoms. The van der Waals surface area contributed by atoms with Gasteiger partial charge in [-0.3, -0.25) is 11.8 Å². The highest BCUT2D eigenvalue weighted by Gasteiger charge is 1.84. The van der Waals surface area contributed by atoms with Crippen LogP contribution in [-0.4, -0.2) is 19.0 Å². The lowest BCUT2D eigenvalue weighted by Crippen LogP contribution is -2.25. The van der Waals surface area contributed by atoms with Gasteiger partial charge in [0.25, 0.3) is 0 Å². The number of nitrogens with zero attached hydrogens (tertiary/aromatic N) is 1. The predicted octanol–water partition coefficient (Wildman–Crippen LogP) is -0.482. The molecular weight excluding hydrogens is 104 g/mol. The highest BCUT2D eigenvalue weighted by Crippen LogP contribution is 1.59. The molecule has 0 fully saturated rings. The first-order chi connectivity index (χ1) is 3.77. The third-order valence-electron chi connectivity index (χ3n) is 0.644. The molecule has 3 nitrogen and oxygen atoms in total. The number of nitrogens with one attached hydrogen (secondary N) is 1. The Hall–Kier alpha value is -0.570. The van der Waals surface area contributed by atoms with Gasteiger partial charge in [-0.25, -0.2) is 0 Å². The summed E-state index contributed by atoms with van der Waals surface area (Å²) in [7, 11) is 3.26. The van der Waals surface area contributed by atoms with E-state index in [4.69, 9.17) is 0 Å². The molecule has 0 rings (SSSR count). The van der Waals surface area contributed by atoms with E-state index in [9.17, 15) is 4.79 Å². The van der Waals surface area contributed by atoms with Crippen LogP contribution >= 0.6 is 0 Å². The second kappa shape index (κ2) is 4.59.